The standard InChI is InChI=1S/C19H19FN6O/c1-12-9-14-11-24(7-8-25(14)22-12)19(27)17-21-18-15(20)10-16(26(18)23-17)13-5-3-2-4-6-13/h2-6,9,15-16H,7-8,10-11H2,1H3. The maximum Gasteiger partial charge on any atom is 0.293 e. The fourth-order valence-electron chi connectivity index (χ4n) is 3.95. The van der Waals surface area contributed by atoms with Crippen LogP contribution in [-0.2, 0) is 13.1 Å². The van der Waals surface area contributed by atoms with E-state index in [2.05, 4.69) is 15.2 Å². The third-order valence-corrected chi connectivity index (χ3v) is 5.25. The first-order chi connectivity index (χ1) is 13.1. The molecule has 0 fully saturated rings. The lowest BCUT2D eigenvalue weighted by Crippen LogP contribution is -2.39. The number of amides is 1. The number of carbonyl (C=O) groups excluding carboxylic acids is 1. The van der Waals surface area contributed by atoms with Gasteiger partial charge in [0.25, 0.3) is 5.91 Å². The predicted octanol–water partition coefficient (Wildman–Crippen LogP) is 2.44. The van der Waals surface area contributed by atoms with Gasteiger partial charge in [-0.1, -0.05) is 30.3 Å². The Morgan fingerprint density at radius 2 is 2.00 bits per heavy atom. The van der Waals surface area contributed by atoms with Gasteiger partial charge >= 0.3 is 0 Å². The number of hydrogen-bond acceptors (Lipinski definition) is 4. The highest BCUT2D eigenvalue weighted by molar-refractivity contribution is 5.90. The van der Waals surface area contributed by atoms with Gasteiger partial charge in [0.05, 0.1) is 30.5 Å². The molecule has 27 heavy (non-hydrogen) atoms. The minimum atomic E-state index is -1.21. The Labute approximate surface area is 155 Å². The minimum Gasteiger partial charge on any atom is -0.328 e. The quantitative estimate of drug-likeness (QED) is 0.699. The van der Waals surface area contributed by atoms with E-state index in [0.717, 1.165) is 17.0 Å². The fraction of sp³-hybridized carbons (Fsp3) is 0.368. The molecule has 1 amide bonds. The maximum atomic E-state index is 14.5. The van der Waals surface area contributed by atoms with Crippen LogP contribution in [0.5, 0.6) is 0 Å². The Bertz CT molecular complexity index is 1010. The molecule has 5 rings (SSSR count). The average Bonchev–Trinajstić information content (AvgIpc) is 3.35. The van der Waals surface area contributed by atoms with Crippen LogP contribution < -0.4 is 0 Å². The van der Waals surface area contributed by atoms with Crippen molar-refractivity contribution in [3.63, 3.8) is 0 Å². The smallest absolute Gasteiger partial charge is 0.293 e. The Balaban J connectivity index is 1.43. The SMILES string of the molecule is Cc1cc2n(n1)CCN(C(=O)c1nc3n(n1)C(c1ccccc1)CC3F)C2. The van der Waals surface area contributed by atoms with E-state index in [4.69, 9.17) is 0 Å². The molecule has 2 aliphatic rings. The van der Waals surface area contributed by atoms with E-state index in [-0.39, 0.29) is 23.6 Å². The summed E-state index contributed by atoms with van der Waals surface area (Å²) in [6, 6.07) is 11.4. The molecule has 0 saturated carbocycles. The molecule has 138 valence electrons. The van der Waals surface area contributed by atoms with Gasteiger partial charge in [-0.2, -0.15) is 5.10 Å². The molecule has 0 radical (unpaired) electrons. The molecule has 0 spiro atoms. The predicted molar refractivity (Wildman–Crippen MR) is 94.8 cm³/mol. The number of nitrogens with zero attached hydrogens (tertiary/aromatic N) is 6. The number of benzene rings is 1. The first kappa shape index (κ1) is 16.2. The summed E-state index contributed by atoms with van der Waals surface area (Å²) in [6.07, 6.45) is -0.912. The van der Waals surface area contributed by atoms with Gasteiger partial charge in [-0.15, -0.1) is 5.10 Å². The first-order valence-corrected chi connectivity index (χ1v) is 9.08. The number of aromatic nitrogens is 5. The molecule has 1 aromatic carbocycles. The summed E-state index contributed by atoms with van der Waals surface area (Å²) in [7, 11) is 0. The van der Waals surface area contributed by atoms with Crippen LogP contribution in [0.2, 0.25) is 0 Å². The van der Waals surface area contributed by atoms with Gasteiger partial charge < -0.3 is 4.90 Å². The highest BCUT2D eigenvalue weighted by Crippen LogP contribution is 2.39. The molecule has 0 N–H and O–H groups in total. The summed E-state index contributed by atoms with van der Waals surface area (Å²) in [6.45, 7) is 3.58. The van der Waals surface area contributed by atoms with Gasteiger partial charge in [0.2, 0.25) is 5.82 Å². The van der Waals surface area contributed by atoms with Gasteiger partial charge in [0.15, 0.2) is 12.0 Å². The van der Waals surface area contributed by atoms with Gasteiger partial charge in [0.1, 0.15) is 0 Å². The number of carbonyl (C=O) groups is 1. The Kier molecular flexibility index (Phi) is 3.60. The average molecular weight is 366 g/mol. The van der Waals surface area contributed by atoms with Gasteiger partial charge in [-0.25, -0.2) is 14.1 Å². The van der Waals surface area contributed by atoms with Crippen LogP contribution in [0.4, 0.5) is 4.39 Å². The third-order valence-electron chi connectivity index (χ3n) is 5.25. The molecule has 2 aliphatic heterocycles. The molecule has 2 unspecified atom stereocenters. The van der Waals surface area contributed by atoms with Crippen LogP contribution in [-0.4, -0.2) is 41.9 Å². The van der Waals surface area contributed by atoms with Crippen molar-refractivity contribution >= 4 is 5.91 Å². The second-order valence-electron chi connectivity index (χ2n) is 7.09. The molecule has 7 nitrogen and oxygen atoms in total. The lowest BCUT2D eigenvalue weighted by molar-refractivity contribution is 0.0692. The van der Waals surface area contributed by atoms with Crippen LogP contribution in [0.25, 0.3) is 0 Å². The number of fused-ring (bicyclic) bond motifs is 2. The largest absolute Gasteiger partial charge is 0.328 e. The van der Waals surface area contributed by atoms with Crippen molar-refractivity contribution in [1.82, 2.24) is 29.4 Å². The molecule has 8 heteroatoms. The number of alkyl halides is 1. The zero-order valence-corrected chi connectivity index (χ0v) is 14.9. The lowest BCUT2D eigenvalue weighted by atomic mass is 10.0. The van der Waals surface area contributed by atoms with Crippen molar-refractivity contribution in [2.24, 2.45) is 0 Å². The molecule has 3 aromatic rings. The molecule has 2 aromatic heterocycles. The van der Waals surface area contributed by atoms with Crippen molar-refractivity contribution in [3.8, 4) is 0 Å². The Morgan fingerprint density at radius 3 is 2.81 bits per heavy atom. The molecule has 2 atom stereocenters. The van der Waals surface area contributed by atoms with E-state index in [1.807, 2.05) is 48.0 Å². The van der Waals surface area contributed by atoms with Gasteiger partial charge in [-0.05, 0) is 18.6 Å². The summed E-state index contributed by atoms with van der Waals surface area (Å²) in [5, 5.41) is 8.79. The Hall–Kier alpha value is -3.03. The van der Waals surface area contributed by atoms with Crippen LogP contribution in [0.15, 0.2) is 36.4 Å². The van der Waals surface area contributed by atoms with Crippen LogP contribution in [0, 0.1) is 6.92 Å². The number of halogens is 1. The normalized spacial score (nSPS) is 21.2. The molecular weight excluding hydrogens is 347 g/mol. The van der Waals surface area contributed by atoms with Crippen molar-refractivity contribution in [3.05, 3.63) is 65.0 Å². The second kappa shape index (κ2) is 6.00. The molecule has 0 bridgehead atoms. The van der Waals surface area contributed by atoms with E-state index in [1.54, 1.807) is 9.58 Å². The van der Waals surface area contributed by atoms with Crippen molar-refractivity contribution in [1.29, 1.82) is 0 Å². The molecular formula is C19H19FN6O. The lowest BCUT2D eigenvalue weighted by Gasteiger charge is -2.26. The molecule has 0 saturated heterocycles. The van der Waals surface area contributed by atoms with Crippen LogP contribution in [0.3, 0.4) is 0 Å². The van der Waals surface area contributed by atoms with Crippen LogP contribution in [0.1, 0.15) is 52.0 Å². The van der Waals surface area contributed by atoms with Crippen molar-refractivity contribution < 1.29 is 9.18 Å². The summed E-state index contributed by atoms with van der Waals surface area (Å²) in [4.78, 5) is 18.9. The summed E-state index contributed by atoms with van der Waals surface area (Å²) >= 11 is 0. The minimum absolute atomic E-state index is 0.0676. The van der Waals surface area contributed by atoms with E-state index in [1.165, 1.54) is 0 Å². The summed E-state index contributed by atoms with van der Waals surface area (Å²) < 4.78 is 18.0. The van der Waals surface area contributed by atoms with E-state index in [9.17, 15) is 9.18 Å². The maximum absolute atomic E-state index is 14.5. The van der Waals surface area contributed by atoms with E-state index in [0.29, 0.717) is 26.1 Å². The van der Waals surface area contributed by atoms with Crippen LogP contribution >= 0.6 is 0 Å². The Morgan fingerprint density at radius 1 is 1.19 bits per heavy atom. The number of rotatable bonds is 2. The van der Waals surface area contributed by atoms with E-state index >= 15 is 0 Å². The fourth-order valence-corrected chi connectivity index (χ4v) is 3.95. The molecule has 4 heterocycles. The summed E-state index contributed by atoms with van der Waals surface area (Å²) in [5.74, 6) is 0.0454. The second-order valence-corrected chi connectivity index (χ2v) is 7.09. The highest BCUT2D eigenvalue weighted by Gasteiger charge is 2.37. The number of aryl methyl sites for hydroxylation is 1. The van der Waals surface area contributed by atoms with Crippen molar-refractivity contribution in [2.45, 2.75) is 38.6 Å². The van der Waals surface area contributed by atoms with E-state index < -0.39 is 6.17 Å². The topological polar surface area (TPSA) is 68.8 Å². The first-order valence-electron chi connectivity index (χ1n) is 9.08. The van der Waals surface area contributed by atoms with Gasteiger partial charge in [0, 0.05) is 13.0 Å². The molecule has 0 aliphatic carbocycles. The highest BCUT2D eigenvalue weighted by atomic mass is 19.1. The summed E-state index contributed by atoms with van der Waals surface area (Å²) in [5.41, 5.74) is 2.90. The van der Waals surface area contributed by atoms with Gasteiger partial charge in [-0.3, -0.25) is 9.48 Å². The monoisotopic (exact) mass is 366 g/mol. The third kappa shape index (κ3) is 2.63. The zero-order chi connectivity index (χ0) is 18.5. The zero-order valence-electron chi connectivity index (χ0n) is 14.9. The number of hydrogen-bond donors (Lipinski definition) is 0. The van der Waals surface area contributed by atoms with Crippen molar-refractivity contribution in [2.75, 3.05) is 6.54 Å².